The van der Waals surface area contributed by atoms with Crippen molar-refractivity contribution in [1.82, 2.24) is 10.4 Å². The first-order valence-corrected chi connectivity index (χ1v) is 8.08. The lowest BCUT2D eigenvalue weighted by Gasteiger charge is -2.30. The number of nitrogens with zero attached hydrogens (tertiary/aromatic N) is 1. The zero-order valence-electron chi connectivity index (χ0n) is 13.9. The van der Waals surface area contributed by atoms with Crippen LogP contribution in [0.4, 0.5) is 13.2 Å². The Labute approximate surface area is 143 Å². The van der Waals surface area contributed by atoms with Crippen LogP contribution in [0.2, 0.25) is 0 Å². The zero-order valence-corrected chi connectivity index (χ0v) is 13.9. The molecule has 1 saturated heterocycles. The summed E-state index contributed by atoms with van der Waals surface area (Å²) in [5.41, 5.74) is 2.41. The molecule has 4 nitrogen and oxygen atoms in total. The Morgan fingerprint density at radius 3 is 2.36 bits per heavy atom. The first kappa shape index (κ1) is 17.5. The normalized spacial score (nSPS) is 17.1. The molecule has 0 aromatic heterocycles. The minimum atomic E-state index is -4.53. The van der Waals surface area contributed by atoms with Gasteiger partial charge in [0, 0.05) is 18.4 Å². The van der Waals surface area contributed by atoms with Crippen molar-refractivity contribution in [3.63, 3.8) is 0 Å². The lowest BCUT2D eigenvalue weighted by Crippen LogP contribution is -2.43. The summed E-state index contributed by atoms with van der Waals surface area (Å²) in [4.78, 5) is 11.4. The van der Waals surface area contributed by atoms with Gasteiger partial charge in [0.2, 0.25) is 5.91 Å². The predicted molar refractivity (Wildman–Crippen MR) is 88.0 cm³/mol. The van der Waals surface area contributed by atoms with E-state index in [2.05, 4.69) is 5.43 Å². The van der Waals surface area contributed by atoms with Crippen molar-refractivity contribution in [2.75, 3.05) is 6.54 Å². The van der Waals surface area contributed by atoms with E-state index in [9.17, 15) is 18.0 Å². The lowest BCUT2D eigenvalue weighted by molar-refractivity contribution is -0.190. The predicted octanol–water partition coefficient (Wildman–Crippen LogP) is 3.97. The monoisotopic (exact) mass is 352 g/mol. The van der Waals surface area contributed by atoms with Crippen LogP contribution in [0.15, 0.2) is 36.4 Å². The molecule has 2 aromatic rings. The van der Waals surface area contributed by atoms with Gasteiger partial charge in [-0.05, 0) is 30.9 Å². The highest BCUT2D eigenvalue weighted by Gasteiger charge is 2.47. The summed E-state index contributed by atoms with van der Waals surface area (Å²) in [7, 11) is 0. The molecule has 1 heterocycles. The quantitative estimate of drug-likeness (QED) is 0.905. The third kappa shape index (κ3) is 3.56. The number of hydrazine groups is 1. The molecule has 25 heavy (non-hydrogen) atoms. The van der Waals surface area contributed by atoms with E-state index in [0.29, 0.717) is 16.5 Å². The molecule has 0 aliphatic carbocycles. The second-order valence-corrected chi connectivity index (χ2v) is 6.29. The molecule has 134 valence electrons. The van der Waals surface area contributed by atoms with Gasteiger partial charge in [0.05, 0.1) is 6.10 Å². The highest BCUT2D eigenvalue weighted by Crippen LogP contribution is 2.42. The van der Waals surface area contributed by atoms with Crippen LogP contribution in [0.3, 0.4) is 0 Å². The smallest absolute Gasteiger partial charge is 0.409 e. The van der Waals surface area contributed by atoms with Crippen molar-refractivity contribution in [3.05, 3.63) is 42.0 Å². The molecule has 2 aromatic carbocycles. The van der Waals surface area contributed by atoms with Crippen molar-refractivity contribution in [1.29, 1.82) is 0 Å². The fourth-order valence-corrected chi connectivity index (χ4v) is 3.10. The van der Waals surface area contributed by atoms with Crippen LogP contribution < -0.4 is 10.2 Å². The van der Waals surface area contributed by atoms with Crippen molar-refractivity contribution >= 4 is 16.7 Å². The van der Waals surface area contributed by atoms with Crippen molar-refractivity contribution in [3.8, 4) is 5.75 Å². The van der Waals surface area contributed by atoms with Gasteiger partial charge in [0.1, 0.15) is 5.75 Å². The summed E-state index contributed by atoms with van der Waals surface area (Å²) in [6.45, 7) is 3.74. The van der Waals surface area contributed by atoms with E-state index >= 15 is 0 Å². The Kier molecular flexibility index (Phi) is 4.60. The molecule has 0 radical (unpaired) electrons. The Bertz CT molecular complexity index is 789. The molecule has 0 unspecified atom stereocenters. The summed E-state index contributed by atoms with van der Waals surface area (Å²) in [5, 5.41) is 2.05. The highest BCUT2D eigenvalue weighted by molar-refractivity contribution is 5.91. The number of rotatable bonds is 4. The summed E-state index contributed by atoms with van der Waals surface area (Å²) in [6, 6.07) is 7.94. The highest BCUT2D eigenvalue weighted by atomic mass is 19.4. The van der Waals surface area contributed by atoms with Crippen LogP contribution in [0, 0.1) is 0 Å². The number of halogens is 3. The zero-order chi connectivity index (χ0) is 18.2. The second kappa shape index (κ2) is 6.55. The average Bonchev–Trinajstić information content (AvgIpc) is 2.94. The number of amides is 1. The lowest BCUT2D eigenvalue weighted by atomic mass is 9.97. The number of carbonyl (C=O) groups is 1. The number of benzene rings is 2. The minimum Gasteiger partial charge on any atom is -0.490 e. The van der Waals surface area contributed by atoms with Crippen LogP contribution in [-0.2, 0) is 4.79 Å². The number of fused-ring (bicyclic) bond motifs is 1. The maximum Gasteiger partial charge on any atom is 0.409 e. The van der Waals surface area contributed by atoms with Crippen molar-refractivity contribution < 1.29 is 22.7 Å². The molecule has 0 saturated carbocycles. The van der Waals surface area contributed by atoms with Gasteiger partial charge in [-0.15, -0.1) is 0 Å². The van der Waals surface area contributed by atoms with Gasteiger partial charge in [0.15, 0.2) is 6.04 Å². The first-order chi connectivity index (χ1) is 11.8. The topological polar surface area (TPSA) is 41.6 Å². The van der Waals surface area contributed by atoms with Crippen molar-refractivity contribution in [2.24, 2.45) is 0 Å². The van der Waals surface area contributed by atoms with Gasteiger partial charge < -0.3 is 4.74 Å². The fourth-order valence-electron chi connectivity index (χ4n) is 3.10. The van der Waals surface area contributed by atoms with Gasteiger partial charge in [-0.1, -0.05) is 30.3 Å². The van der Waals surface area contributed by atoms with Crippen LogP contribution in [0.25, 0.3) is 10.8 Å². The molecule has 1 aliphatic rings. The largest absolute Gasteiger partial charge is 0.490 e. The van der Waals surface area contributed by atoms with Gasteiger partial charge >= 0.3 is 6.18 Å². The standard InChI is InChI=1S/C18H19F3N2O2/c1-11(2)25-15-8-7-14(12-5-3-4-6-13(12)15)17(18(19,20)21)23-10-9-16(24)22-23/h3-8,11,17H,9-10H2,1-2H3,(H,22,24)/t17-/m0/s1. The summed E-state index contributed by atoms with van der Waals surface area (Å²) >= 11 is 0. The van der Waals surface area contributed by atoms with Gasteiger partial charge in [-0.2, -0.15) is 13.2 Å². The molecule has 1 N–H and O–H groups in total. The van der Waals surface area contributed by atoms with Gasteiger partial charge in [-0.3, -0.25) is 10.2 Å². The Morgan fingerprint density at radius 1 is 1.12 bits per heavy atom. The first-order valence-electron chi connectivity index (χ1n) is 8.08. The van der Waals surface area contributed by atoms with E-state index in [4.69, 9.17) is 4.74 Å². The number of ether oxygens (including phenoxy) is 1. The van der Waals surface area contributed by atoms with Crippen LogP contribution >= 0.6 is 0 Å². The third-order valence-corrected chi connectivity index (χ3v) is 4.04. The van der Waals surface area contributed by atoms with E-state index in [1.165, 1.54) is 6.07 Å². The summed E-state index contributed by atoms with van der Waals surface area (Å²) in [5.74, 6) is 0.138. The van der Waals surface area contributed by atoms with E-state index in [0.717, 1.165) is 5.01 Å². The Hall–Kier alpha value is -2.28. The third-order valence-electron chi connectivity index (χ3n) is 4.04. The Morgan fingerprint density at radius 2 is 1.80 bits per heavy atom. The molecule has 3 rings (SSSR count). The molecular weight excluding hydrogens is 333 g/mol. The molecular formula is C18H19F3N2O2. The molecule has 0 bridgehead atoms. The molecule has 1 fully saturated rings. The number of hydrogen-bond donors (Lipinski definition) is 1. The average molecular weight is 352 g/mol. The van der Waals surface area contributed by atoms with Crippen LogP contribution in [-0.4, -0.2) is 29.7 Å². The SMILES string of the molecule is CC(C)Oc1ccc([C@H](N2CCC(=O)N2)C(F)(F)F)c2ccccc12. The Balaban J connectivity index is 2.14. The van der Waals surface area contributed by atoms with Gasteiger partial charge in [-0.25, -0.2) is 5.01 Å². The van der Waals surface area contributed by atoms with E-state index in [1.807, 2.05) is 13.8 Å². The summed E-state index contributed by atoms with van der Waals surface area (Å²) < 4.78 is 47.1. The maximum absolute atomic E-state index is 13.8. The van der Waals surface area contributed by atoms with Crippen molar-refractivity contribution in [2.45, 2.75) is 38.6 Å². The van der Waals surface area contributed by atoms with E-state index in [1.54, 1.807) is 30.3 Å². The maximum atomic E-state index is 13.8. The molecule has 1 aliphatic heterocycles. The number of alkyl halides is 3. The molecule has 1 atom stereocenters. The van der Waals surface area contributed by atoms with E-state index in [-0.39, 0.29) is 24.6 Å². The fraction of sp³-hybridized carbons (Fsp3) is 0.389. The second-order valence-electron chi connectivity index (χ2n) is 6.29. The molecule has 7 heteroatoms. The summed E-state index contributed by atoms with van der Waals surface area (Å²) in [6.07, 6.45) is -4.56. The van der Waals surface area contributed by atoms with Gasteiger partial charge in [0.25, 0.3) is 0 Å². The number of nitrogens with one attached hydrogen (secondary N) is 1. The molecule has 0 spiro atoms. The van der Waals surface area contributed by atoms with Crippen LogP contribution in [0.5, 0.6) is 5.75 Å². The van der Waals surface area contributed by atoms with E-state index < -0.39 is 18.1 Å². The molecule has 1 amide bonds. The minimum absolute atomic E-state index is 0.0155. The number of hydrogen-bond acceptors (Lipinski definition) is 3. The van der Waals surface area contributed by atoms with Crippen LogP contribution in [0.1, 0.15) is 31.9 Å². The number of carbonyl (C=O) groups excluding carboxylic acids is 1.